The number of methoxy groups -OCH3 is 1. The fraction of sp³-hybridized carbons (Fsp3) is 0.263. The molecule has 0 fully saturated rings. The summed E-state index contributed by atoms with van der Waals surface area (Å²) in [6.45, 7) is 1.78. The molecule has 0 bridgehead atoms. The third-order valence-electron chi connectivity index (χ3n) is 4.29. The number of carbonyl (C=O) groups excluding carboxylic acids is 2. The first-order chi connectivity index (χ1) is 13.6. The molecule has 0 saturated carbocycles. The average molecular weight is 420 g/mol. The number of nitrogens with one attached hydrogen (secondary N) is 2. The van der Waals surface area contributed by atoms with Gasteiger partial charge in [0.15, 0.2) is 0 Å². The van der Waals surface area contributed by atoms with E-state index in [1.807, 2.05) is 6.92 Å². The lowest BCUT2D eigenvalue weighted by Crippen LogP contribution is -2.33. The van der Waals surface area contributed by atoms with Crippen LogP contribution in [0.1, 0.15) is 18.5 Å². The van der Waals surface area contributed by atoms with Crippen molar-refractivity contribution in [1.29, 1.82) is 0 Å². The maximum Gasteiger partial charge on any atom is 0.322 e. The topological polar surface area (TPSA) is 131 Å². The van der Waals surface area contributed by atoms with Gasteiger partial charge in [0.1, 0.15) is 6.61 Å². The van der Waals surface area contributed by atoms with Gasteiger partial charge in [-0.2, -0.15) is 0 Å². The highest BCUT2D eigenvalue weighted by Crippen LogP contribution is 2.22. The van der Waals surface area contributed by atoms with Gasteiger partial charge in [0, 0.05) is 25.5 Å². The zero-order valence-electron chi connectivity index (χ0n) is 16.4. The largest absolute Gasteiger partial charge is 0.375 e. The number of anilines is 2. The van der Waals surface area contributed by atoms with Gasteiger partial charge in [-0.15, -0.1) is 0 Å². The maximum absolute atomic E-state index is 12.5. The SMILES string of the molecule is COCC(=O)Nc1ccc(NC(=O)N(C)C(C)c2ccc(S(N)(=O)=O)cc2)cc1. The molecule has 0 radical (unpaired) electrons. The number of ether oxygens (including phenoxy) is 1. The Morgan fingerprint density at radius 2 is 1.55 bits per heavy atom. The molecule has 0 aromatic heterocycles. The number of urea groups is 1. The Hall–Kier alpha value is -2.95. The summed E-state index contributed by atoms with van der Waals surface area (Å²) in [6, 6.07) is 12.1. The van der Waals surface area contributed by atoms with E-state index >= 15 is 0 Å². The van der Waals surface area contributed by atoms with Crippen molar-refractivity contribution in [2.45, 2.75) is 17.9 Å². The first-order valence-corrected chi connectivity index (χ1v) is 10.2. The molecule has 0 aliphatic carbocycles. The minimum absolute atomic E-state index is 0.0123. The lowest BCUT2D eigenvalue weighted by Gasteiger charge is -2.25. The summed E-state index contributed by atoms with van der Waals surface area (Å²) in [5, 5.41) is 10.5. The van der Waals surface area contributed by atoms with Crippen LogP contribution in [-0.4, -0.2) is 46.0 Å². The molecular weight excluding hydrogens is 396 g/mol. The van der Waals surface area contributed by atoms with E-state index in [0.717, 1.165) is 5.56 Å². The number of amides is 3. The molecule has 10 heteroatoms. The average Bonchev–Trinajstić information content (AvgIpc) is 2.68. The van der Waals surface area contributed by atoms with Gasteiger partial charge >= 0.3 is 6.03 Å². The molecule has 2 rings (SSSR count). The minimum atomic E-state index is -3.76. The van der Waals surface area contributed by atoms with Gasteiger partial charge in [0.05, 0.1) is 10.9 Å². The lowest BCUT2D eigenvalue weighted by atomic mass is 10.1. The summed E-state index contributed by atoms with van der Waals surface area (Å²) in [6.07, 6.45) is 0. The number of hydrogen-bond acceptors (Lipinski definition) is 5. The van der Waals surface area contributed by atoms with E-state index in [2.05, 4.69) is 10.6 Å². The van der Waals surface area contributed by atoms with Crippen molar-refractivity contribution >= 4 is 33.3 Å². The van der Waals surface area contributed by atoms with E-state index in [4.69, 9.17) is 9.88 Å². The molecule has 3 amide bonds. The zero-order chi connectivity index (χ0) is 21.6. The van der Waals surface area contributed by atoms with E-state index in [9.17, 15) is 18.0 Å². The molecule has 0 aliphatic rings. The Bertz CT molecular complexity index is 959. The van der Waals surface area contributed by atoms with Gasteiger partial charge in [-0.3, -0.25) is 4.79 Å². The first-order valence-electron chi connectivity index (χ1n) is 8.67. The summed E-state index contributed by atoms with van der Waals surface area (Å²) >= 11 is 0. The number of hydrogen-bond donors (Lipinski definition) is 3. The second kappa shape index (κ2) is 9.50. The molecule has 2 aromatic rings. The fourth-order valence-corrected chi connectivity index (χ4v) is 3.03. The minimum Gasteiger partial charge on any atom is -0.375 e. The quantitative estimate of drug-likeness (QED) is 0.632. The van der Waals surface area contributed by atoms with Crippen LogP contribution in [0.4, 0.5) is 16.2 Å². The monoisotopic (exact) mass is 420 g/mol. The van der Waals surface area contributed by atoms with Crippen LogP contribution in [0.5, 0.6) is 0 Å². The van der Waals surface area contributed by atoms with Gasteiger partial charge in [0.25, 0.3) is 0 Å². The Kier molecular flexibility index (Phi) is 7.32. The van der Waals surface area contributed by atoms with Crippen molar-refractivity contribution in [2.75, 3.05) is 31.4 Å². The summed E-state index contributed by atoms with van der Waals surface area (Å²) < 4.78 is 27.4. The summed E-state index contributed by atoms with van der Waals surface area (Å²) in [7, 11) is -0.697. The third kappa shape index (κ3) is 6.28. The number of sulfonamides is 1. The van der Waals surface area contributed by atoms with Gasteiger partial charge in [0.2, 0.25) is 15.9 Å². The molecular formula is C19H24N4O5S. The second-order valence-corrected chi connectivity index (χ2v) is 7.95. The van der Waals surface area contributed by atoms with Crippen molar-refractivity contribution in [2.24, 2.45) is 5.14 Å². The van der Waals surface area contributed by atoms with E-state index in [0.29, 0.717) is 11.4 Å². The molecule has 1 unspecified atom stereocenters. The normalized spacial score (nSPS) is 12.1. The number of carbonyl (C=O) groups is 2. The van der Waals surface area contributed by atoms with E-state index in [1.54, 1.807) is 43.4 Å². The molecule has 0 aliphatic heterocycles. The van der Waals surface area contributed by atoms with Crippen LogP contribution < -0.4 is 15.8 Å². The summed E-state index contributed by atoms with van der Waals surface area (Å²) in [5.41, 5.74) is 1.90. The second-order valence-electron chi connectivity index (χ2n) is 6.39. The standard InChI is InChI=1S/C19H24N4O5S/c1-13(14-4-10-17(11-5-14)29(20,26)27)23(2)19(25)22-16-8-6-15(7-9-16)21-18(24)12-28-3/h4-11,13H,12H2,1-3H3,(H,21,24)(H,22,25)(H2,20,26,27). The third-order valence-corrected chi connectivity index (χ3v) is 5.22. The lowest BCUT2D eigenvalue weighted by molar-refractivity contribution is -0.119. The molecule has 0 spiro atoms. The highest BCUT2D eigenvalue weighted by atomic mass is 32.2. The predicted octanol–water partition coefficient (Wildman–Crippen LogP) is 2.14. The van der Waals surface area contributed by atoms with Crippen molar-refractivity contribution in [3.8, 4) is 0 Å². The molecule has 1 atom stereocenters. The van der Waals surface area contributed by atoms with E-state index in [-0.39, 0.29) is 29.5 Å². The van der Waals surface area contributed by atoms with E-state index < -0.39 is 10.0 Å². The Labute approximate surface area is 169 Å². The molecule has 156 valence electrons. The summed E-state index contributed by atoms with van der Waals surface area (Å²) in [4.78, 5) is 25.5. The van der Waals surface area contributed by atoms with Crippen LogP contribution in [0.25, 0.3) is 0 Å². The summed E-state index contributed by atoms with van der Waals surface area (Å²) in [5.74, 6) is -0.272. The van der Waals surface area contributed by atoms with Crippen LogP contribution in [0.15, 0.2) is 53.4 Å². The van der Waals surface area contributed by atoms with Crippen LogP contribution in [0.3, 0.4) is 0 Å². The van der Waals surface area contributed by atoms with Gasteiger partial charge in [-0.05, 0) is 48.9 Å². The van der Waals surface area contributed by atoms with Gasteiger partial charge < -0.3 is 20.3 Å². The maximum atomic E-state index is 12.5. The van der Waals surface area contributed by atoms with Crippen LogP contribution in [-0.2, 0) is 19.6 Å². The number of nitrogens with zero attached hydrogens (tertiary/aromatic N) is 1. The zero-order valence-corrected chi connectivity index (χ0v) is 17.2. The van der Waals surface area contributed by atoms with E-state index in [1.165, 1.54) is 24.1 Å². The molecule has 0 heterocycles. The highest BCUT2D eigenvalue weighted by Gasteiger charge is 2.18. The molecule has 29 heavy (non-hydrogen) atoms. The fourth-order valence-electron chi connectivity index (χ4n) is 2.51. The number of rotatable bonds is 7. The van der Waals surface area contributed by atoms with Crippen LogP contribution in [0.2, 0.25) is 0 Å². The number of primary sulfonamides is 1. The Morgan fingerprint density at radius 1 is 1.03 bits per heavy atom. The predicted molar refractivity (Wildman–Crippen MR) is 110 cm³/mol. The number of benzene rings is 2. The Balaban J connectivity index is 2.00. The van der Waals surface area contributed by atoms with Crippen LogP contribution in [0, 0.1) is 0 Å². The molecule has 4 N–H and O–H groups in total. The van der Waals surface area contributed by atoms with Gasteiger partial charge in [-0.25, -0.2) is 18.4 Å². The van der Waals surface area contributed by atoms with Crippen molar-refractivity contribution in [3.05, 3.63) is 54.1 Å². The number of nitrogens with two attached hydrogens (primary N) is 1. The highest BCUT2D eigenvalue weighted by molar-refractivity contribution is 7.89. The molecule has 9 nitrogen and oxygen atoms in total. The van der Waals surface area contributed by atoms with Crippen molar-refractivity contribution in [1.82, 2.24) is 4.90 Å². The van der Waals surface area contributed by atoms with Crippen molar-refractivity contribution in [3.63, 3.8) is 0 Å². The Morgan fingerprint density at radius 3 is 2.03 bits per heavy atom. The van der Waals surface area contributed by atoms with Gasteiger partial charge in [-0.1, -0.05) is 12.1 Å². The first kappa shape index (κ1) is 22.3. The van der Waals surface area contributed by atoms with Crippen molar-refractivity contribution < 1.29 is 22.7 Å². The smallest absolute Gasteiger partial charge is 0.322 e. The molecule has 2 aromatic carbocycles. The van der Waals surface area contributed by atoms with Crippen LogP contribution >= 0.6 is 0 Å². The molecule has 0 saturated heterocycles.